The first-order chi connectivity index (χ1) is 17.0. The largest absolute Gasteiger partial charge is 0.493 e. The maximum atomic E-state index is 12.6. The second kappa shape index (κ2) is 10.6. The molecule has 1 saturated carbocycles. The van der Waals surface area contributed by atoms with E-state index in [2.05, 4.69) is 95.7 Å². The Morgan fingerprint density at radius 3 is 1.97 bits per heavy atom. The van der Waals surface area contributed by atoms with Gasteiger partial charge in [-0.05, 0) is 89.3 Å². The molecule has 1 fully saturated rings. The Hall–Kier alpha value is -1.62. The average molecular weight is 523 g/mol. The molecule has 0 aromatic heterocycles. The summed E-state index contributed by atoms with van der Waals surface area (Å²) in [5.41, 5.74) is 2.44. The van der Waals surface area contributed by atoms with Crippen LogP contribution in [0.25, 0.3) is 21.9 Å². The van der Waals surface area contributed by atoms with E-state index in [1.807, 2.05) is 0 Å². The first-order valence-corrected chi connectivity index (χ1v) is 15.6. The van der Waals surface area contributed by atoms with Crippen LogP contribution in [-0.2, 0) is 5.60 Å². The summed E-state index contributed by atoms with van der Waals surface area (Å²) in [7, 11) is 0. The molecule has 0 amide bonds. The Bertz CT molecular complexity index is 1200. The third-order valence-corrected chi connectivity index (χ3v) is 9.11. The fraction of sp³-hybridized carbons (Fsp3) is 0.500. The third-order valence-electron chi connectivity index (χ3n) is 7.42. The molecular formula is C32H42O2S2. The molecule has 0 spiro atoms. The van der Waals surface area contributed by atoms with E-state index >= 15 is 0 Å². The van der Waals surface area contributed by atoms with Gasteiger partial charge >= 0.3 is 0 Å². The molecule has 3 aromatic rings. The Morgan fingerprint density at radius 1 is 0.833 bits per heavy atom. The zero-order valence-electron chi connectivity index (χ0n) is 23.0. The number of unbranched alkanes of at least 4 members (excludes halogenated alkanes) is 1. The zero-order chi connectivity index (χ0) is 26.1. The lowest BCUT2D eigenvalue weighted by molar-refractivity contribution is -0.0909. The lowest BCUT2D eigenvalue weighted by atomic mass is 9.57. The number of aliphatic hydroxyl groups is 1. The van der Waals surface area contributed by atoms with Crippen molar-refractivity contribution in [1.82, 2.24) is 0 Å². The van der Waals surface area contributed by atoms with Crippen molar-refractivity contribution >= 4 is 34.3 Å². The van der Waals surface area contributed by atoms with Crippen LogP contribution in [-0.4, -0.2) is 24.2 Å². The van der Waals surface area contributed by atoms with E-state index < -0.39 is 5.60 Å². The van der Waals surface area contributed by atoms with Crippen molar-refractivity contribution in [2.75, 3.05) is 19.1 Å². The predicted molar refractivity (Wildman–Crippen MR) is 159 cm³/mol. The van der Waals surface area contributed by atoms with E-state index in [1.54, 1.807) is 23.5 Å². The molecule has 0 unspecified atom stereocenters. The molecule has 0 radical (unpaired) electrons. The van der Waals surface area contributed by atoms with Gasteiger partial charge < -0.3 is 9.84 Å². The number of rotatable bonds is 8. The highest BCUT2D eigenvalue weighted by Gasteiger charge is 2.48. The van der Waals surface area contributed by atoms with Crippen LogP contribution in [0.15, 0.2) is 58.3 Å². The average Bonchev–Trinajstić information content (AvgIpc) is 2.81. The molecule has 0 atom stereocenters. The van der Waals surface area contributed by atoms with Crippen LogP contribution in [0.2, 0.25) is 0 Å². The van der Waals surface area contributed by atoms with Crippen molar-refractivity contribution in [3.8, 4) is 16.9 Å². The van der Waals surface area contributed by atoms with Crippen molar-refractivity contribution in [3.63, 3.8) is 0 Å². The fourth-order valence-corrected chi connectivity index (χ4v) is 8.19. The summed E-state index contributed by atoms with van der Waals surface area (Å²) < 4.78 is 6.48. The highest BCUT2D eigenvalue weighted by Crippen LogP contribution is 2.57. The van der Waals surface area contributed by atoms with E-state index in [-0.39, 0.29) is 10.8 Å². The van der Waals surface area contributed by atoms with Gasteiger partial charge in [0.2, 0.25) is 0 Å². The van der Waals surface area contributed by atoms with Crippen LogP contribution in [0.5, 0.6) is 5.75 Å². The molecule has 3 aromatic carbocycles. The van der Waals surface area contributed by atoms with Crippen LogP contribution in [0.1, 0.15) is 72.3 Å². The van der Waals surface area contributed by atoms with E-state index in [0.717, 1.165) is 59.9 Å². The zero-order valence-corrected chi connectivity index (χ0v) is 24.7. The van der Waals surface area contributed by atoms with Crippen molar-refractivity contribution in [3.05, 3.63) is 54.1 Å². The van der Waals surface area contributed by atoms with Crippen LogP contribution in [0.3, 0.4) is 0 Å². The molecule has 1 aliphatic rings. The summed E-state index contributed by atoms with van der Waals surface area (Å²) in [6, 6.07) is 17.4. The predicted octanol–water partition coefficient (Wildman–Crippen LogP) is 9.55. The molecule has 2 nitrogen and oxygen atoms in total. The first kappa shape index (κ1) is 27.4. The lowest BCUT2D eigenvalue weighted by Crippen LogP contribution is -2.44. The molecule has 36 heavy (non-hydrogen) atoms. The number of hydrogen-bond acceptors (Lipinski definition) is 4. The quantitative estimate of drug-likeness (QED) is 0.236. The highest BCUT2D eigenvalue weighted by atomic mass is 32.2. The molecule has 4 heteroatoms. The summed E-state index contributed by atoms with van der Waals surface area (Å²) in [6.07, 6.45) is 8.96. The van der Waals surface area contributed by atoms with Gasteiger partial charge in [0.05, 0.1) is 12.2 Å². The van der Waals surface area contributed by atoms with Gasteiger partial charge in [-0.1, -0.05) is 71.4 Å². The normalized spacial score (nSPS) is 18.3. The molecule has 4 rings (SSSR count). The SMILES string of the molecule is CCCCOc1cc(C2(O)CC(C)(C)CC(C)(C)C2)c(-c2ccccc2)c2cc(SC)c(SC)cc12. The lowest BCUT2D eigenvalue weighted by Gasteiger charge is -2.50. The number of benzene rings is 3. The highest BCUT2D eigenvalue weighted by molar-refractivity contribution is 8.01. The number of ether oxygens (including phenoxy) is 1. The molecule has 1 N–H and O–H groups in total. The van der Waals surface area contributed by atoms with E-state index in [0.29, 0.717) is 6.61 Å². The molecule has 194 valence electrons. The standard InChI is InChI=1S/C32H42O2S2/c1-8-9-15-34-26-18-25(32(33)20-30(2,3)19-31(4,5)21-32)29(22-13-11-10-12-14-22)24-17-28(36-7)27(35-6)16-23(24)26/h10-14,16-18,33H,8-9,15,19-21H2,1-7H3. The van der Waals surface area contributed by atoms with E-state index in [4.69, 9.17) is 4.74 Å². The molecule has 0 heterocycles. The summed E-state index contributed by atoms with van der Waals surface area (Å²) in [4.78, 5) is 2.53. The maximum absolute atomic E-state index is 12.6. The summed E-state index contributed by atoms with van der Waals surface area (Å²) >= 11 is 3.56. The van der Waals surface area contributed by atoms with Crippen LogP contribution < -0.4 is 4.74 Å². The molecule has 0 bridgehead atoms. The Labute approximate surface area is 226 Å². The summed E-state index contributed by atoms with van der Waals surface area (Å²) in [5.74, 6) is 0.894. The van der Waals surface area contributed by atoms with Crippen molar-refractivity contribution < 1.29 is 9.84 Å². The molecule has 0 saturated heterocycles. The van der Waals surface area contributed by atoms with Gasteiger partial charge in [-0.15, -0.1) is 23.5 Å². The van der Waals surface area contributed by atoms with Crippen LogP contribution in [0, 0.1) is 10.8 Å². The second-order valence-electron chi connectivity index (χ2n) is 12.0. The summed E-state index contributed by atoms with van der Waals surface area (Å²) in [6.45, 7) is 12.1. The van der Waals surface area contributed by atoms with Gasteiger partial charge in [0.15, 0.2) is 0 Å². The minimum Gasteiger partial charge on any atom is -0.493 e. The van der Waals surface area contributed by atoms with E-state index in [9.17, 15) is 5.11 Å². The molecule has 1 aliphatic carbocycles. The van der Waals surface area contributed by atoms with Gasteiger partial charge in [0, 0.05) is 15.2 Å². The Morgan fingerprint density at radius 2 is 1.42 bits per heavy atom. The molecule has 0 aliphatic heterocycles. The van der Waals surface area contributed by atoms with Gasteiger partial charge in [-0.3, -0.25) is 0 Å². The number of fused-ring (bicyclic) bond motifs is 1. The monoisotopic (exact) mass is 522 g/mol. The first-order valence-electron chi connectivity index (χ1n) is 13.2. The topological polar surface area (TPSA) is 29.5 Å². The number of thioether (sulfide) groups is 2. The van der Waals surface area contributed by atoms with Gasteiger partial charge in [-0.25, -0.2) is 0 Å². The van der Waals surface area contributed by atoms with E-state index in [1.165, 1.54) is 15.2 Å². The Balaban J connectivity index is 2.09. The van der Waals surface area contributed by atoms with Crippen molar-refractivity contribution in [1.29, 1.82) is 0 Å². The van der Waals surface area contributed by atoms with Gasteiger partial charge in [0.1, 0.15) is 5.75 Å². The van der Waals surface area contributed by atoms with Crippen LogP contribution >= 0.6 is 23.5 Å². The minimum absolute atomic E-state index is 0.0375. The van der Waals surface area contributed by atoms with Crippen molar-refractivity contribution in [2.45, 2.75) is 82.1 Å². The molecular weight excluding hydrogens is 480 g/mol. The van der Waals surface area contributed by atoms with Crippen molar-refractivity contribution in [2.24, 2.45) is 10.8 Å². The van der Waals surface area contributed by atoms with Gasteiger partial charge in [0.25, 0.3) is 0 Å². The number of hydrogen-bond donors (Lipinski definition) is 1. The third kappa shape index (κ3) is 5.61. The Kier molecular flexibility index (Phi) is 8.09. The van der Waals surface area contributed by atoms with Crippen LogP contribution in [0.4, 0.5) is 0 Å². The fourth-order valence-electron chi connectivity index (χ4n) is 6.70. The minimum atomic E-state index is -0.939. The summed E-state index contributed by atoms with van der Waals surface area (Å²) in [5, 5.41) is 14.9. The maximum Gasteiger partial charge on any atom is 0.127 e. The second-order valence-corrected chi connectivity index (χ2v) is 13.7. The van der Waals surface area contributed by atoms with Gasteiger partial charge in [-0.2, -0.15) is 0 Å². The smallest absolute Gasteiger partial charge is 0.127 e.